The van der Waals surface area contributed by atoms with Gasteiger partial charge in [-0.2, -0.15) is 0 Å². The van der Waals surface area contributed by atoms with Crippen LogP contribution in [0.2, 0.25) is 0 Å². The fourth-order valence-electron chi connectivity index (χ4n) is 2.00. The van der Waals surface area contributed by atoms with Crippen LogP contribution in [0.3, 0.4) is 0 Å². The van der Waals surface area contributed by atoms with Crippen molar-refractivity contribution in [3.63, 3.8) is 0 Å². The lowest BCUT2D eigenvalue weighted by atomic mass is 10.1. The molecule has 0 atom stereocenters. The highest BCUT2D eigenvalue weighted by atomic mass is 19.1. The summed E-state index contributed by atoms with van der Waals surface area (Å²) < 4.78 is 12.8. The van der Waals surface area contributed by atoms with Crippen molar-refractivity contribution in [2.24, 2.45) is 0 Å². The van der Waals surface area contributed by atoms with Crippen LogP contribution in [-0.2, 0) is 17.8 Å². The molecule has 1 aromatic heterocycles. The third-order valence-corrected chi connectivity index (χ3v) is 3.31. The van der Waals surface area contributed by atoms with E-state index >= 15 is 0 Å². The van der Waals surface area contributed by atoms with Gasteiger partial charge in [0, 0.05) is 26.8 Å². The van der Waals surface area contributed by atoms with Gasteiger partial charge in [-0.25, -0.2) is 19.6 Å². The van der Waals surface area contributed by atoms with Gasteiger partial charge in [0.1, 0.15) is 11.6 Å². The summed E-state index contributed by atoms with van der Waals surface area (Å²) in [6.45, 7) is 0.295. The van der Waals surface area contributed by atoms with Crippen LogP contribution in [0.1, 0.15) is 11.1 Å². The first-order valence-corrected chi connectivity index (χ1v) is 7.63. The normalized spacial score (nSPS) is 10.0. The number of amides is 3. The van der Waals surface area contributed by atoms with E-state index in [1.54, 1.807) is 12.3 Å². The zero-order valence-corrected chi connectivity index (χ0v) is 14.0. The summed E-state index contributed by atoms with van der Waals surface area (Å²) in [5.74, 6) is 0.0167. The van der Waals surface area contributed by atoms with E-state index in [0.29, 0.717) is 12.1 Å². The SMILES string of the molecule is CN(C)c1cc(CNC(=O)NNC(=O)Cc2ccc(F)cc2)ccn1. The molecule has 3 amide bonds. The maximum Gasteiger partial charge on any atom is 0.333 e. The molecular weight excluding hydrogens is 325 g/mol. The molecule has 2 aromatic rings. The van der Waals surface area contributed by atoms with Crippen molar-refractivity contribution in [2.75, 3.05) is 19.0 Å². The molecule has 0 aliphatic carbocycles. The first-order valence-electron chi connectivity index (χ1n) is 7.63. The van der Waals surface area contributed by atoms with Gasteiger partial charge >= 0.3 is 6.03 Å². The van der Waals surface area contributed by atoms with Gasteiger partial charge in [0.15, 0.2) is 0 Å². The zero-order valence-electron chi connectivity index (χ0n) is 14.0. The van der Waals surface area contributed by atoms with E-state index in [1.165, 1.54) is 24.3 Å². The molecule has 3 N–H and O–H groups in total. The minimum absolute atomic E-state index is 0.0388. The summed E-state index contributed by atoms with van der Waals surface area (Å²) in [7, 11) is 3.76. The van der Waals surface area contributed by atoms with Crippen molar-refractivity contribution in [1.29, 1.82) is 0 Å². The summed E-state index contributed by atoms with van der Waals surface area (Å²) in [5, 5.41) is 2.63. The average Bonchev–Trinajstić information content (AvgIpc) is 2.60. The second kappa shape index (κ2) is 8.62. The standard InChI is InChI=1S/C17H20FN5O2/c1-23(2)15-9-13(7-8-19-15)11-20-17(25)22-21-16(24)10-12-3-5-14(18)6-4-12/h3-9H,10-11H2,1-2H3,(H,21,24)(H2,20,22,25). The lowest BCUT2D eigenvalue weighted by Gasteiger charge is -2.13. The quantitative estimate of drug-likeness (QED) is 0.714. The lowest BCUT2D eigenvalue weighted by molar-refractivity contribution is -0.121. The molecule has 0 bridgehead atoms. The minimum atomic E-state index is -0.532. The Bertz CT molecular complexity index is 734. The molecule has 0 saturated carbocycles. The van der Waals surface area contributed by atoms with Crippen molar-refractivity contribution < 1.29 is 14.0 Å². The van der Waals surface area contributed by atoms with E-state index in [4.69, 9.17) is 0 Å². The van der Waals surface area contributed by atoms with E-state index in [2.05, 4.69) is 21.2 Å². The summed E-state index contributed by atoms with van der Waals surface area (Å²) in [6.07, 6.45) is 1.70. The molecule has 0 unspecified atom stereocenters. The Labute approximate surface area is 145 Å². The van der Waals surface area contributed by atoms with Gasteiger partial charge in [-0.1, -0.05) is 12.1 Å². The summed E-state index contributed by atoms with van der Waals surface area (Å²) in [5.41, 5.74) is 6.10. The minimum Gasteiger partial charge on any atom is -0.363 e. The van der Waals surface area contributed by atoms with Gasteiger partial charge in [-0.15, -0.1) is 0 Å². The van der Waals surface area contributed by atoms with Crippen molar-refractivity contribution >= 4 is 17.8 Å². The summed E-state index contributed by atoms with van der Waals surface area (Å²) in [6, 6.07) is 8.70. The molecule has 0 spiro atoms. The molecule has 0 fully saturated rings. The number of hydrogen-bond acceptors (Lipinski definition) is 4. The first-order chi connectivity index (χ1) is 11.9. The maximum absolute atomic E-state index is 12.8. The molecule has 0 radical (unpaired) electrons. The lowest BCUT2D eigenvalue weighted by Crippen LogP contribution is -2.47. The van der Waals surface area contributed by atoms with E-state index in [1.807, 2.05) is 25.1 Å². The van der Waals surface area contributed by atoms with E-state index in [0.717, 1.165) is 11.4 Å². The molecule has 132 valence electrons. The number of rotatable bonds is 5. The third kappa shape index (κ3) is 6.09. The number of carbonyl (C=O) groups excluding carboxylic acids is 2. The first kappa shape index (κ1) is 18.2. The highest BCUT2D eigenvalue weighted by Crippen LogP contribution is 2.09. The van der Waals surface area contributed by atoms with Gasteiger partial charge in [0.25, 0.3) is 0 Å². The Kier molecular flexibility index (Phi) is 6.27. The third-order valence-electron chi connectivity index (χ3n) is 3.31. The number of nitrogens with zero attached hydrogens (tertiary/aromatic N) is 2. The number of urea groups is 1. The smallest absolute Gasteiger partial charge is 0.333 e. The molecule has 2 rings (SSSR count). The number of nitrogens with one attached hydrogen (secondary N) is 3. The number of carbonyl (C=O) groups is 2. The number of anilines is 1. The fourth-order valence-corrected chi connectivity index (χ4v) is 2.00. The molecule has 8 heteroatoms. The molecule has 7 nitrogen and oxygen atoms in total. The Morgan fingerprint density at radius 2 is 1.80 bits per heavy atom. The van der Waals surface area contributed by atoms with Gasteiger partial charge in [0.2, 0.25) is 5.91 Å². The van der Waals surface area contributed by atoms with E-state index in [-0.39, 0.29) is 12.2 Å². The van der Waals surface area contributed by atoms with Crippen molar-refractivity contribution in [3.05, 3.63) is 59.5 Å². The molecule has 0 aliphatic heterocycles. The Morgan fingerprint density at radius 1 is 1.08 bits per heavy atom. The van der Waals surface area contributed by atoms with Gasteiger partial charge in [-0.3, -0.25) is 10.2 Å². The number of aromatic nitrogens is 1. The highest BCUT2D eigenvalue weighted by molar-refractivity contribution is 5.82. The molecular formula is C17H20FN5O2. The number of halogens is 1. The van der Waals surface area contributed by atoms with Gasteiger partial charge in [-0.05, 0) is 35.4 Å². The second-order valence-electron chi connectivity index (χ2n) is 5.58. The maximum atomic E-state index is 12.8. The predicted octanol–water partition coefficient (Wildman–Crippen LogP) is 1.36. The molecule has 25 heavy (non-hydrogen) atoms. The zero-order chi connectivity index (χ0) is 18.2. The molecule has 0 aliphatic rings. The molecule has 1 aromatic carbocycles. The fraction of sp³-hybridized carbons (Fsp3) is 0.235. The Hall–Kier alpha value is -3.16. The topological polar surface area (TPSA) is 86.4 Å². The number of pyridine rings is 1. The number of benzene rings is 1. The van der Waals surface area contributed by atoms with Gasteiger partial charge < -0.3 is 10.2 Å². The van der Waals surface area contributed by atoms with Crippen molar-refractivity contribution in [1.82, 2.24) is 21.2 Å². The Balaban J connectivity index is 1.74. The number of hydrogen-bond donors (Lipinski definition) is 3. The van der Waals surface area contributed by atoms with Crippen molar-refractivity contribution in [3.8, 4) is 0 Å². The van der Waals surface area contributed by atoms with Crippen LogP contribution in [0.5, 0.6) is 0 Å². The van der Waals surface area contributed by atoms with Crippen molar-refractivity contribution in [2.45, 2.75) is 13.0 Å². The highest BCUT2D eigenvalue weighted by Gasteiger charge is 2.06. The van der Waals surface area contributed by atoms with Crippen LogP contribution >= 0.6 is 0 Å². The van der Waals surface area contributed by atoms with Crippen LogP contribution < -0.4 is 21.1 Å². The molecule has 0 saturated heterocycles. The van der Waals surface area contributed by atoms with Crippen LogP contribution in [0.4, 0.5) is 15.0 Å². The van der Waals surface area contributed by atoms with Crippen LogP contribution in [0, 0.1) is 5.82 Å². The van der Waals surface area contributed by atoms with Crippen LogP contribution in [0.25, 0.3) is 0 Å². The monoisotopic (exact) mass is 345 g/mol. The second-order valence-corrected chi connectivity index (χ2v) is 5.58. The van der Waals surface area contributed by atoms with Crippen LogP contribution in [-0.4, -0.2) is 31.0 Å². The summed E-state index contributed by atoms with van der Waals surface area (Å²) in [4.78, 5) is 29.5. The summed E-state index contributed by atoms with van der Waals surface area (Å²) >= 11 is 0. The van der Waals surface area contributed by atoms with E-state index in [9.17, 15) is 14.0 Å². The molecule has 1 heterocycles. The number of hydrazine groups is 1. The van der Waals surface area contributed by atoms with Gasteiger partial charge in [0.05, 0.1) is 6.42 Å². The van der Waals surface area contributed by atoms with E-state index < -0.39 is 11.9 Å². The largest absolute Gasteiger partial charge is 0.363 e. The predicted molar refractivity (Wildman–Crippen MR) is 92.2 cm³/mol. The average molecular weight is 345 g/mol. The Morgan fingerprint density at radius 3 is 2.48 bits per heavy atom. The van der Waals surface area contributed by atoms with Crippen LogP contribution in [0.15, 0.2) is 42.6 Å².